The summed E-state index contributed by atoms with van der Waals surface area (Å²) < 4.78 is 158. The smallest absolute Gasteiger partial charge is 0.407 e. The number of benzene rings is 9. The molecule has 4 aliphatic rings. The molecular weight excluding hydrogens is 1840 g/mol. The van der Waals surface area contributed by atoms with Gasteiger partial charge in [0.2, 0.25) is 23.6 Å². The van der Waals surface area contributed by atoms with Gasteiger partial charge in [-0.1, -0.05) is 273 Å². The zero-order valence-electron chi connectivity index (χ0n) is 77.1. The molecule has 4 fully saturated rings. The highest BCUT2D eigenvalue weighted by Crippen LogP contribution is 2.51. The predicted octanol–water partition coefficient (Wildman–Crippen LogP) is 11.3. The molecule has 37 heteroatoms. The average Bonchev–Trinajstić information content (AvgIpc) is 0.778. The summed E-state index contributed by atoms with van der Waals surface area (Å²) in [5.74, 6) is -2.37. The van der Waals surface area contributed by atoms with Crippen LogP contribution in [0.5, 0.6) is 0 Å². The van der Waals surface area contributed by atoms with Crippen molar-refractivity contribution in [1.29, 1.82) is 0 Å². The third-order valence-corrected chi connectivity index (χ3v) is 27.5. The molecule has 9 N–H and O–H groups in total. The molecule has 0 saturated carbocycles. The number of aliphatic hydroxyl groups excluding tert-OH is 1. The van der Waals surface area contributed by atoms with Gasteiger partial charge >= 0.3 is 28.9 Å². The molecule has 23 atom stereocenters. The molecular formula is C101H122N5O29P3. The zero-order chi connectivity index (χ0) is 97.2. The molecule has 4 aliphatic heterocycles. The van der Waals surface area contributed by atoms with Gasteiger partial charge in [0.25, 0.3) is 0 Å². The highest BCUT2D eigenvalue weighted by Gasteiger charge is 2.56. The minimum Gasteiger partial charge on any atom is -0.445 e. The number of hydrogen-bond donors (Lipinski definition) is 9. The van der Waals surface area contributed by atoms with E-state index in [0.717, 1.165) is 22.3 Å². The Morgan fingerprint density at radius 1 is 0.283 bits per heavy atom. The maximum absolute atomic E-state index is 15.8. The first-order valence-corrected chi connectivity index (χ1v) is 51.1. The van der Waals surface area contributed by atoms with E-state index >= 15 is 13.7 Å². The largest absolute Gasteiger partial charge is 0.445 e. The van der Waals surface area contributed by atoms with E-state index < -0.39 is 219 Å². The molecule has 4 heterocycles. The summed E-state index contributed by atoms with van der Waals surface area (Å²) in [7, 11) is -15.5. The Kier molecular flexibility index (Phi) is 40.5. The molecule has 13 rings (SSSR count). The van der Waals surface area contributed by atoms with E-state index in [9.17, 15) is 43.8 Å². The molecule has 5 amide bonds. The first-order chi connectivity index (χ1) is 66.8. The van der Waals surface area contributed by atoms with E-state index in [0.29, 0.717) is 27.8 Å². The Morgan fingerprint density at radius 3 is 0.754 bits per heavy atom. The van der Waals surface area contributed by atoms with Gasteiger partial charge in [0.15, 0.2) is 6.29 Å². The van der Waals surface area contributed by atoms with Crippen LogP contribution in [0.15, 0.2) is 273 Å². The quantitative estimate of drug-likeness (QED) is 0.0126. The van der Waals surface area contributed by atoms with Gasteiger partial charge in [-0.15, -0.1) is 0 Å². The molecule has 34 nitrogen and oxygen atoms in total. The van der Waals surface area contributed by atoms with Gasteiger partial charge in [0.05, 0.1) is 141 Å². The molecule has 3 unspecified atom stereocenters. The van der Waals surface area contributed by atoms with Gasteiger partial charge in [0.1, 0.15) is 85.9 Å². The number of alkyl carbamates (subject to hydrolysis) is 1. The minimum absolute atomic E-state index is 0.0187. The highest BCUT2D eigenvalue weighted by molar-refractivity contribution is 7.53. The van der Waals surface area contributed by atoms with Gasteiger partial charge in [-0.3, -0.25) is 32.9 Å². The lowest BCUT2D eigenvalue weighted by atomic mass is 9.92. The van der Waals surface area contributed by atoms with E-state index in [1.807, 2.05) is 140 Å². The van der Waals surface area contributed by atoms with Crippen LogP contribution in [-0.4, -0.2) is 230 Å². The summed E-state index contributed by atoms with van der Waals surface area (Å²) >= 11 is 0. The SMILES string of the molecule is CC(=O)N[C@@H]1[C@@H](OCCNC(=O)OCc2ccccc2)O[C@H](COP(=O)(O)C[C@H]2O[C@H](COP(=O)(O)C[C@H]3O[C@H](COP(=O)(O)C[C@H]4O[C@H](CO)[C@@H](OCc5ccccc5)[C@H](OCc5ccccc5)[C@@H]4NC(C)=O)[C@@H](OCc4ccccc4)[C@H](OCc4ccccc4)[C@@H]3NC(C)=O)[C@@H](OCc3ccccc3)[C@H](OCc3ccccc3)[C@@H]2NC(C)=O)[C@@H](OCc2ccccc2)[C@@H]1OCc1ccccc1. The third-order valence-electron chi connectivity index (χ3n) is 23.4. The van der Waals surface area contributed by atoms with Crippen LogP contribution in [0.4, 0.5) is 4.79 Å². The second-order valence-electron chi connectivity index (χ2n) is 34.1. The van der Waals surface area contributed by atoms with Crippen LogP contribution >= 0.6 is 22.8 Å². The van der Waals surface area contributed by atoms with Crippen LogP contribution in [0.2, 0.25) is 0 Å². The molecule has 0 spiro atoms. The first kappa shape index (κ1) is 105. The average molecular weight is 1960 g/mol. The minimum atomic E-state index is -5.28. The van der Waals surface area contributed by atoms with Crippen LogP contribution in [0.25, 0.3) is 0 Å². The van der Waals surface area contributed by atoms with Crippen LogP contribution in [0.1, 0.15) is 77.8 Å². The lowest BCUT2D eigenvalue weighted by molar-refractivity contribution is -0.286. The summed E-state index contributed by atoms with van der Waals surface area (Å²) in [6, 6.07) is 76.3. The van der Waals surface area contributed by atoms with E-state index in [4.69, 9.17) is 79.9 Å². The van der Waals surface area contributed by atoms with E-state index in [1.54, 1.807) is 133 Å². The van der Waals surface area contributed by atoms with Crippen molar-refractivity contribution in [3.63, 3.8) is 0 Å². The fourth-order valence-corrected chi connectivity index (χ4v) is 20.7. The Bertz CT molecular complexity index is 5350. The number of rotatable bonds is 50. The Balaban J connectivity index is 0.809. The number of hydrogen-bond acceptors (Lipinski definition) is 26. The van der Waals surface area contributed by atoms with Crippen molar-refractivity contribution >= 4 is 52.5 Å². The van der Waals surface area contributed by atoms with Crippen molar-refractivity contribution in [2.75, 3.05) is 58.1 Å². The van der Waals surface area contributed by atoms with Crippen LogP contribution in [0, 0.1) is 0 Å². The van der Waals surface area contributed by atoms with Gasteiger partial charge in [-0.05, 0) is 50.1 Å². The van der Waals surface area contributed by atoms with E-state index in [1.165, 1.54) is 27.7 Å². The second-order valence-corrected chi connectivity index (χ2v) is 39.8. The number of carbonyl (C=O) groups is 5. The Hall–Kier alpha value is -9.98. The maximum Gasteiger partial charge on any atom is 0.407 e. The molecule has 740 valence electrons. The van der Waals surface area contributed by atoms with Crippen molar-refractivity contribution in [3.8, 4) is 0 Å². The second kappa shape index (κ2) is 53.0. The molecule has 4 saturated heterocycles. The number of carbonyl (C=O) groups excluding carboxylic acids is 5. The fraction of sp³-hybridized carbons (Fsp3) is 0.416. The fourth-order valence-electron chi connectivity index (χ4n) is 17.0. The van der Waals surface area contributed by atoms with Gasteiger partial charge in [0, 0.05) is 34.2 Å². The summed E-state index contributed by atoms with van der Waals surface area (Å²) in [6.07, 6.45) is -25.4. The van der Waals surface area contributed by atoms with Crippen LogP contribution in [-0.2, 0) is 172 Å². The van der Waals surface area contributed by atoms with Crippen LogP contribution in [0.3, 0.4) is 0 Å². The van der Waals surface area contributed by atoms with E-state index in [2.05, 4.69) is 26.6 Å². The lowest BCUT2D eigenvalue weighted by Crippen LogP contribution is -2.66. The molecule has 0 radical (unpaired) electrons. The molecule has 0 aromatic heterocycles. The summed E-state index contributed by atoms with van der Waals surface area (Å²) in [4.78, 5) is 106. The molecule has 9 aromatic rings. The summed E-state index contributed by atoms with van der Waals surface area (Å²) in [5, 5.41) is 25.4. The highest BCUT2D eigenvalue weighted by atomic mass is 31.2. The van der Waals surface area contributed by atoms with Crippen molar-refractivity contribution in [3.05, 3.63) is 323 Å². The van der Waals surface area contributed by atoms with Crippen molar-refractivity contribution in [2.24, 2.45) is 0 Å². The maximum atomic E-state index is 15.8. The van der Waals surface area contributed by atoms with Crippen molar-refractivity contribution in [2.45, 2.75) is 209 Å². The molecule has 138 heavy (non-hydrogen) atoms. The molecule has 9 aromatic carbocycles. The Labute approximate surface area is 802 Å². The normalized spacial score (nSPS) is 26.1. The topological polar surface area (TPSA) is 435 Å². The molecule has 0 aliphatic carbocycles. The zero-order valence-corrected chi connectivity index (χ0v) is 79.8. The van der Waals surface area contributed by atoms with Gasteiger partial charge < -0.3 is 126 Å². The Morgan fingerprint density at radius 2 is 0.500 bits per heavy atom. The van der Waals surface area contributed by atoms with Gasteiger partial charge in [-0.2, -0.15) is 0 Å². The van der Waals surface area contributed by atoms with Crippen LogP contribution < -0.4 is 26.6 Å². The lowest BCUT2D eigenvalue weighted by Gasteiger charge is -2.48. The summed E-state index contributed by atoms with van der Waals surface area (Å²) in [5.41, 5.74) is 6.28. The third kappa shape index (κ3) is 32.8. The number of aliphatic hydroxyl groups is 1. The standard InChI is InChI=1S/C101H122N5O29P3/c1-68(108)103-88-85(132-81(52-107)92(120-53-72-32-14-5-15-33-72)96(88)124-57-76-40-22-9-23-41-76)65-136(113,114)129-62-82-93(121-54-73-34-16-6-17-35-73)97(125-58-77-42-24-10-25-43-77)89(104-69(2)109)86(133-82)66-137(115,116)130-63-83-94(122-55-74-36-18-7-19-37-74)98(126-59-78-44-26-11-27-45-78)90(105-70(3)110)87(134-83)67-138(117,118)131-64-84-95(123-56-75-38-20-8-21-39-75)99(127-60-79-46-28-12-29-47-79)91(106-71(4)111)100(135-84)119-51-50-102-101(112)128-61-80-48-30-13-31-49-80/h5-49,81-100,107H,50-67H2,1-4H3,(H,102,112)(H,103,108)(H,104,109)(H,105,110)(H,106,111)(H,113,114)(H,115,116)(H,117,118)/t81-,82-,83-,84-,85-,86-,87-,88-,89-,90-,91+,92-,93-,94-,95-,96-,97-,98-,99-,100+/m1/s1. The monoisotopic (exact) mass is 1960 g/mol. The first-order valence-electron chi connectivity index (χ1n) is 45.8. The van der Waals surface area contributed by atoms with Crippen molar-refractivity contribution in [1.82, 2.24) is 26.6 Å². The number of amides is 5. The number of ether oxygens (including phenoxy) is 14. The predicted molar refractivity (Wildman–Crippen MR) is 505 cm³/mol. The molecule has 0 bridgehead atoms. The van der Waals surface area contributed by atoms with Gasteiger partial charge in [-0.25, -0.2) is 4.79 Å². The number of nitrogens with one attached hydrogen (secondary N) is 5. The summed E-state index contributed by atoms with van der Waals surface area (Å²) in [6.45, 7) is 0.768. The van der Waals surface area contributed by atoms with E-state index in [-0.39, 0.29) is 72.6 Å². The van der Waals surface area contributed by atoms with Crippen molar-refractivity contribution < 1.29 is 137 Å².